The van der Waals surface area contributed by atoms with E-state index in [0.29, 0.717) is 16.6 Å². The maximum absolute atomic E-state index is 14.0. The summed E-state index contributed by atoms with van der Waals surface area (Å²) in [5.41, 5.74) is 1.84. The summed E-state index contributed by atoms with van der Waals surface area (Å²) in [6.07, 6.45) is 1.79. The highest BCUT2D eigenvalue weighted by molar-refractivity contribution is 6.21. The van der Waals surface area contributed by atoms with Gasteiger partial charge in [0.05, 0.1) is 18.2 Å². The molecule has 3 aromatic rings. The molecule has 0 atom stereocenters. The zero-order valence-corrected chi connectivity index (χ0v) is 15.3. The van der Waals surface area contributed by atoms with Gasteiger partial charge in [0.25, 0.3) is 11.8 Å². The Morgan fingerprint density at radius 2 is 1.74 bits per heavy atom. The number of hydrogen-bond acceptors (Lipinski definition) is 3. The predicted octanol–water partition coefficient (Wildman–Crippen LogP) is 3.89. The number of carbonyl (C=O) groups is 2. The molecule has 27 heavy (non-hydrogen) atoms. The fourth-order valence-electron chi connectivity index (χ4n) is 3.70. The van der Waals surface area contributed by atoms with Crippen molar-refractivity contribution in [3.05, 3.63) is 65.1 Å². The SMILES string of the molecule is COc1cc2c(C(C)(C)CN3C(=O)c4ccccc4C3=O)c[nH]c2cc1F. The first-order valence-electron chi connectivity index (χ1n) is 8.64. The summed E-state index contributed by atoms with van der Waals surface area (Å²) < 4.78 is 19.1. The van der Waals surface area contributed by atoms with E-state index in [2.05, 4.69) is 4.98 Å². The number of rotatable bonds is 4. The van der Waals surface area contributed by atoms with Crippen LogP contribution in [0.2, 0.25) is 0 Å². The van der Waals surface area contributed by atoms with Gasteiger partial charge >= 0.3 is 0 Å². The first kappa shape index (κ1) is 17.3. The Bertz CT molecular complexity index is 1050. The third-order valence-corrected chi connectivity index (χ3v) is 5.11. The molecule has 0 saturated carbocycles. The average molecular weight is 366 g/mol. The van der Waals surface area contributed by atoms with Gasteiger partial charge in [-0.05, 0) is 23.8 Å². The third-order valence-electron chi connectivity index (χ3n) is 5.11. The lowest BCUT2D eigenvalue weighted by Gasteiger charge is -2.29. The molecule has 4 rings (SSSR count). The quantitative estimate of drug-likeness (QED) is 0.713. The van der Waals surface area contributed by atoms with Crippen molar-refractivity contribution in [2.75, 3.05) is 13.7 Å². The summed E-state index contributed by atoms with van der Waals surface area (Å²) in [6, 6.07) is 9.86. The van der Waals surface area contributed by atoms with Crippen molar-refractivity contribution in [2.45, 2.75) is 19.3 Å². The van der Waals surface area contributed by atoms with Crippen molar-refractivity contribution in [3.8, 4) is 5.75 Å². The molecule has 1 N–H and O–H groups in total. The number of nitrogens with zero attached hydrogens (tertiary/aromatic N) is 1. The number of hydrogen-bond donors (Lipinski definition) is 1. The minimum Gasteiger partial charge on any atom is -0.494 e. The molecule has 0 aliphatic carbocycles. The van der Waals surface area contributed by atoms with Gasteiger partial charge in [0, 0.05) is 35.1 Å². The zero-order valence-electron chi connectivity index (χ0n) is 15.3. The monoisotopic (exact) mass is 366 g/mol. The number of carbonyl (C=O) groups excluding carboxylic acids is 2. The van der Waals surface area contributed by atoms with Crippen LogP contribution in [0, 0.1) is 5.82 Å². The van der Waals surface area contributed by atoms with Crippen LogP contribution in [0.3, 0.4) is 0 Å². The average Bonchev–Trinajstić information content (AvgIpc) is 3.16. The van der Waals surface area contributed by atoms with Gasteiger partial charge in [0.15, 0.2) is 11.6 Å². The molecule has 5 nitrogen and oxygen atoms in total. The predicted molar refractivity (Wildman–Crippen MR) is 99.6 cm³/mol. The standard InChI is InChI=1S/C21H19FN2O3/c1-21(2,11-24-19(25)12-6-4-5-7-13(12)20(24)26)15-10-23-17-9-16(22)18(27-3)8-14(15)17/h4-10,23H,11H2,1-3H3. The van der Waals surface area contributed by atoms with Crippen LogP contribution in [-0.4, -0.2) is 35.4 Å². The Hall–Kier alpha value is -3.15. The molecule has 0 fully saturated rings. The summed E-state index contributed by atoms with van der Waals surface area (Å²) >= 11 is 0. The van der Waals surface area contributed by atoms with Crippen LogP contribution < -0.4 is 4.74 Å². The summed E-state index contributed by atoms with van der Waals surface area (Å²) in [7, 11) is 1.42. The van der Waals surface area contributed by atoms with Crippen LogP contribution in [0.4, 0.5) is 4.39 Å². The fraction of sp³-hybridized carbons (Fsp3) is 0.238. The molecule has 0 bridgehead atoms. The van der Waals surface area contributed by atoms with Crippen molar-refractivity contribution >= 4 is 22.7 Å². The van der Waals surface area contributed by atoms with Crippen molar-refractivity contribution in [3.63, 3.8) is 0 Å². The number of aromatic nitrogens is 1. The molecule has 138 valence electrons. The summed E-state index contributed by atoms with van der Waals surface area (Å²) in [6.45, 7) is 4.12. The number of halogens is 1. The molecule has 1 aromatic heterocycles. The van der Waals surface area contributed by atoms with E-state index >= 15 is 0 Å². The van der Waals surface area contributed by atoms with Crippen LogP contribution in [-0.2, 0) is 5.41 Å². The number of imide groups is 1. The van der Waals surface area contributed by atoms with Gasteiger partial charge in [-0.3, -0.25) is 14.5 Å². The molecule has 0 unspecified atom stereocenters. The van der Waals surface area contributed by atoms with E-state index in [9.17, 15) is 14.0 Å². The Morgan fingerprint density at radius 1 is 1.11 bits per heavy atom. The second-order valence-corrected chi connectivity index (χ2v) is 7.36. The Kier molecular flexibility index (Phi) is 3.80. The number of amides is 2. The molecule has 1 aliphatic heterocycles. The lowest BCUT2D eigenvalue weighted by atomic mass is 9.83. The van der Waals surface area contributed by atoms with Crippen molar-refractivity contribution in [1.29, 1.82) is 0 Å². The molecule has 0 spiro atoms. The van der Waals surface area contributed by atoms with Gasteiger partial charge in [0.1, 0.15) is 0 Å². The third kappa shape index (κ3) is 2.60. The minimum atomic E-state index is -0.547. The van der Waals surface area contributed by atoms with Gasteiger partial charge in [-0.25, -0.2) is 4.39 Å². The van der Waals surface area contributed by atoms with E-state index in [1.807, 2.05) is 13.8 Å². The van der Waals surface area contributed by atoms with E-state index in [4.69, 9.17) is 4.74 Å². The smallest absolute Gasteiger partial charge is 0.261 e. The number of benzene rings is 2. The maximum Gasteiger partial charge on any atom is 0.261 e. The topological polar surface area (TPSA) is 62.4 Å². The lowest BCUT2D eigenvalue weighted by molar-refractivity contribution is 0.0624. The van der Waals surface area contributed by atoms with Crippen molar-refractivity contribution in [2.24, 2.45) is 0 Å². The van der Waals surface area contributed by atoms with Crippen molar-refractivity contribution in [1.82, 2.24) is 9.88 Å². The Labute approximate surface area is 155 Å². The number of aromatic amines is 1. The lowest BCUT2D eigenvalue weighted by Crippen LogP contribution is -2.40. The van der Waals surface area contributed by atoms with Crippen LogP contribution in [0.15, 0.2) is 42.6 Å². The molecule has 0 radical (unpaired) electrons. The number of fused-ring (bicyclic) bond motifs is 2. The fourth-order valence-corrected chi connectivity index (χ4v) is 3.70. The summed E-state index contributed by atoms with van der Waals surface area (Å²) in [5, 5.41) is 0.801. The maximum atomic E-state index is 14.0. The van der Waals surface area contributed by atoms with Gasteiger partial charge in [0.2, 0.25) is 0 Å². The largest absolute Gasteiger partial charge is 0.494 e. The van der Waals surface area contributed by atoms with E-state index < -0.39 is 11.2 Å². The van der Waals surface area contributed by atoms with Gasteiger partial charge < -0.3 is 9.72 Å². The van der Waals surface area contributed by atoms with E-state index in [1.54, 1.807) is 36.5 Å². The van der Waals surface area contributed by atoms with Gasteiger partial charge in [-0.15, -0.1) is 0 Å². The molecule has 6 heteroatoms. The van der Waals surface area contributed by atoms with Crippen molar-refractivity contribution < 1.29 is 18.7 Å². The Morgan fingerprint density at radius 3 is 2.33 bits per heavy atom. The van der Waals surface area contributed by atoms with Crippen LogP contribution >= 0.6 is 0 Å². The minimum absolute atomic E-state index is 0.153. The van der Waals surface area contributed by atoms with E-state index in [0.717, 1.165) is 10.9 Å². The van der Waals surface area contributed by atoms with Gasteiger partial charge in [-0.2, -0.15) is 0 Å². The van der Waals surface area contributed by atoms with Crippen LogP contribution in [0.1, 0.15) is 40.1 Å². The van der Waals surface area contributed by atoms with Crippen LogP contribution in [0.5, 0.6) is 5.75 Å². The molecule has 2 aromatic carbocycles. The molecular weight excluding hydrogens is 347 g/mol. The summed E-state index contributed by atoms with van der Waals surface area (Å²) in [4.78, 5) is 29.7. The number of H-pyrrole nitrogens is 1. The van der Waals surface area contributed by atoms with Gasteiger partial charge in [-0.1, -0.05) is 26.0 Å². The normalized spacial score (nSPS) is 14.1. The highest BCUT2D eigenvalue weighted by atomic mass is 19.1. The number of methoxy groups -OCH3 is 1. The molecule has 2 heterocycles. The molecule has 2 amide bonds. The van der Waals surface area contributed by atoms with E-state index in [1.165, 1.54) is 18.1 Å². The second kappa shape index (κ2) is 5.94. The Balaban J connectivity index is 1.72. The first-order valence-corrected chi connectivity index (χ1v) is 8.64. The second-order valence-electron chi connectivity index (χ2n) is 7.36. The molecule has 0 saturated heterocycles. The zero-order chi connectivity index (χ0) is 19.3. The van der Waals surface area contributed by atoms with E-state index in [-0.39, 0.29) is 24.1 Å². The van der Waals surface area contributed by atoms with Crippen LogP contribution in [0.25, 0.3) is 10.9 Å². The molecule has 1 aliphatic rings. The number of nitrogens with one attached hydrogen (secondary N) is 1. The first-order chi connectivity index (χ1) is 12.8. The number of ether oxygens (including phenoxy) is 1. The summed E-state index contributed by atoms with van der Waals surface area (Å²) in [5.74, 6) is -0.865. The highest BCUT2D eigenvalue weighted by Gasteiger charge is 2.39. The highest BCUT2D eigenvalue weighted by Crippen LogP contribution is 2.36. The molecular formula is C21H19FN2O3.